The van der Waals surface area contributed by atoms with Gasteiger partial charge in [-0.15, -0.1) is 0 Å². The molecule has 6 nitrogen and oxygen atoms in total. The zero-order valence-corrected chi connectivity index (χ0v) is 8.91. The molecule has 2 saturated heterocycles. The average molecular weight is 225 g/mol. The lowest BCUT2D eigenvalue weighted by Crippen LogP contribution is -2.51. The van der Waals surface area contributed by atoms with E-state index in [0.29, 0.717) is 19.5 Å². The van der Waals surface area contributed by atoms with Gasteiger partial charge >= 0.3 is 0 Å². The summed E-state index contributed by atoms with van der Waals surface area (Å²) in [6, 6.07) is -0.433. The Morgan fingerprint density at radius 1 is 1.31 bits per heavy atom. The van der Waals surface area contributed by atoms with Crippen LogP contribution in [-0.4, -0.2) is 36.9 Å². The Labute approximate surface area is 93.1 Å². The van der Waals surface area contributed by atoms with E-state index < -0.39 is 6.04 Å². The zero-order valence-electron chi connectivity index (χ0n) is 8.91. The summed E-state index contributed by atoms with van der Waals surface area (Å²) in [4.78, 5) is 34.1. The van der Waals surface area contributed by atoms with E-state index in [0.717, 1.165) is 6.42 Å². The van der Waals surface area contributed by atoms with E-state index in [9.17, 15) is 14.4 Å². The second-order valence-corrected chi connectivity index (χ2v) is 4.20. The molecule has 6 heteroatoms. The summed E-state index contributed by atoms with van der Waals surface area (Å²) < 4.78 is 0. The first-order valence-electron chi connectivity index (χ1n) is 5.51. The Kier molecular flexibility index (Phi) is 3.07. The van der Waals surface area contributed by atoms with Crippen LogP contribution in [0, 0.1) is 5.92 Å². The number of amides is 3. The fraction of sp³-hybridized carbons (Fsp3) is 0.700. The molecule has 3 N–H and O–H groups in total. The third-order valence-corrected chi connectivity index (χ3v) is 2.95. The minimum atomic E-state index is -0.433. The van der Waals surface area contributed by atoms with Crippen molar-refractivity contribution in [1.29, 1.82) is 0 Å². The van der Waals surface area contributed by atoms with Crippen LogP contribution in [0.1, 0.15) is 19.3 Å². The van der Waals surface area contributed by atoms with Crippen molar-refractivity contribution in [2.75, 3.05) is 13.1 Å². The molecule has 0 radical (unpaired) electrons. The van der Waals surface area contributed by atoms with Crippen molar-refractivity contribution in [3.8, 4) is 0 Å². The van der Waals surface area contributed by atoms with Crippen molar-refractivity contribution in [3.63, 3.8) is 0 Å². The number of carbonyl (C=O) groups excluding carboxylic acids is 3. The molecule has 0 aromatic rings. The third kappa shape index (κ3) is 2.32. The summed E-state index contributed by atoms with van der Waals surface area (Å²) in [7, 11) is 0. The van der Waals surface area contributed by atoms with E-state index in [2.05, 4.69) is 16.0 Å². The quantitative estimate of drug-likeness (QED) is 0.535. The summed E-state index contributed by atoms with van der Waals surface area (Å²) in [5, 5.41) is 7.99. The molecule has 2 heterocycles. The highest BCUT2D eigenvalue weighted by Crippen LogP contribution is 2.10. The van der Waals surface area contributed by atoms with Crippen molar-refractivity contribution in [2.24, 2.45) is 5.92 Å². The monoisotopic (exact) mass is 225 g/mol. The zero-order chi connectivity index (χ0) is 11.5. The highest BCUT2D eigenvalue weighted by molar-refractivity contribution is 5.92. The first-order valence-corrected chi connectivity index (χ1v) is 5.51. The standard InChI is InChI=1S/C10H15N3O3/c14-8-4-6(5-12-8)9(15)13-7-2-1-3-11-10(7)16/h6-7H,1-5H2,(H,11,16)(H,12,14)(H,13,15). The van der Waals surface area contributed by atoms with Crippen LogP contribution in [0.5, 0.6) is 0 Å². The van der Waals surface area contributed by atoms with Gasteiger partial charge in [0.15, 0.2) is 0 Å². The Bertz CT molecular complexity index is 329. The second-order valence-electron chi connectivity index (χ2n) is 4.20. The Morgan fingerprint density at radius 3 is 2.75 bits per heavy atom. The van der Waals surface area contributed by atoms with E-state index in [-0.39, 0.29) is 30.1 Å². The number of rotatable bonds is 2. The van der Waals surface area contributed by atoms with Gasteiger partial charge in [-0.2, -0.15) is 0 Å². The van der Waals surface area contributed by atoms with Gasteiger partial charge in [-0.1, -0.05) is 0 Å². The number of hydrogen-bond donors (Lipinski definition) is 3. The van der Waals surface area contributed by atoms with Crippen molar-refractivity contribution in [1.82, 2.24) is 16.0 Å². The van der Waals surface area contributed by atoms with Gasteiger partial charge in [-0.05, 0) is 12.8 Å². The molecule has 88 valence electrons. The predicted octanol–water partition coefficient (Wildman–Crippen LogP) is -1.48. The lowest BCUT2D eigenvalue weighted by Gasteiger charge is -2.23. The number of hydrogen-bond acceptors (Lipinski definition) is 3. The van der Waals surface area contributed by atoms with E-state index in [4.69, 9.17) is 0 Å². The molecule has 3 amide bonds. The van der Waals surface area contributed by atoms with Gasteiger partial charge in [-0.3, -0.25) is 14.4 Å². The molecule has 0 saturated carbocycles. The fourth-order valence-electron chi connectivity index (χ4n) is 1.99. The summed E-state index contributed by atoms with van der Waals surface area (Å²) in [6.45, 7) is 1.05. The topological polar surface area (TPSA) is 87.3 Å². The Hall–Kier alpha value is -1.59. The number of piperidine rings is 1. The van der Waals surface area contributed by atoms with Crippen molar-refractivity contribution in [2.45, 2.75) is 25.3 Å². The molecule has 2 rings (SSSR count). The normalized spacial score (nSPS) is 29.5. The predicted molar refractivity (Wildman–Crippen MR) is 55.3 cm³/mol. The minimum absolute atomic E-state index is 0.103. The molecule has 16 heavy (non-hydrogen) atoms. The largest absolute Gasteiger partial charge is 0.355 e. The van der Waals surface area contributed by atoms with Crippen LogP contribution < -0.4 is 16.0 Å². The van der Waals surface area contributed by atoms with Crippen LogP contribution in [0.4, 0.5) is 0 Å². The van der Waals surface area contributed by atoms with Gasteiger partial charge < -0.3 is 16.0 Å². The van der Waals surface area contributed by atoms with Gasteiger partial charge in [0.25, 0.3) is 0 Å². The fourth-order valence-corrected chi connectivity index (χ4v) is 1.99. The summed E-state index contributed by atoms with van der Waals surface area (Å²) in [6.07, 6.45) is 1.77. The third-order valence-electron chi connectivity index (χ3n) is 2.95. The lowest BCUT2D eigenvalue weighted by atomic mass is 10.0. The molecule has 0 aromatic heterocycles. The molecule has 0 bridgehead atoms. The minimum Gasteiger partial charge on any atom is -0.355 e. The molecular weight excluding hydrogens is 210 g/mol. The summed E-state index contributed by atoms with van der Waals surface area (Å²) >= 11 is 0. The highest BCUT2D eigenvalue weighted by atomic mass is 16.2. The highest BCUT2D eigenvalue weighted by Gasteiger charge is 2.31. The molecule has 2 aliphatic heterocycles. The van der Waals surface area contributed by atoms with Crippen LogP contribution in [0.15, 0.2) is 0 Å². The molecule has 0 aliphatic carbocycles. The maximum Gasteiger partial charge on any atom is 0.242 e. The molecule has 2 aliphatic rings. The van der Waals surface area contributed by atoms with Crippen LogP contribution in [0.25, 0.3) is 0 Å². The first-order chi connectivity index (χ1) is 7.66. The lowest BCUT2D eigenvalue weighted by molar-refractivity contribution is -0.132. The molecule has 0 spiro atoms. The van der Waals surface area contributed by atoms with Crippen LogP contribution >= 0.6 is 0 Å². The van der Waals surface area contributed by atoms with E-state index >= 15 is 0 Å². The van der Waals surface area contributed by atoms with Crippen molar-refractivity contribution >= 4 is 17.7 Å². The maximum absolute atomic E-state index is 11.7. The smallest absolute Gasteiger partial charge is 0.242 e. The maximum atomic E-state index is 11.7. The Morgan fingerprint density at radius 2 is 2.12 bits per heavy atom. The van der Waals surface area contributed by atoms with Crippen LogP contribution in [0.2, 0.25) is 0 Å². The van der Waals surface area contributed by atoms with Gasteiger partial charge in [0.05, 0.1) is 5.92 Å². The summed E-state index contributed by atoms with van der Waals surface area (Å²) in [5.41, 5.74) is 0. The molecule has 2 unspecified atom stereocenters. The molecule has 2 atom stereocenters. The van der Waals surface area contributed by atoms with Crippen molar-refractivity contribution < 1.29 is 14.4 Å². The van der Waals surface area contributed by atoms with E-state index in [1.165, 1.54) is 0 Å². The van der Waals surface area contributed by atoms with Gasteiger partial charge in [-0.25, -0.2) is 0 Å². The summed E-state index contributed by atoms with van der Waals surface area (Å²) in [5.74, 6) is -0.771. The molecule has 0 aromatic carbocycles. The van der Waals surface area contributed by atoms with Gasteiger partial charge in [0, 0.05) is 19.5 Å². The molecular formula is C10H15N3O3. The van der Waals surface area contributed by atoms with Gasteiger partial charge in [0.2, 0.25) is 17.7 Å². The van der Waals surface area contributed by atoms with E-state index in [1.807, 2.05) is 0 Å². The van der Waals surface area contributed by atoms with Gasteiger partial charge in [0.1, 0.15) is 6.04 Å². The Balaban J connectivity index is 1.86. The first kappa shape index (κ1) is 10.9. The average Bonchev–Trinajstić information content (AvgIpc) is 2.68. The van der Waals surface area contributed by atoms with E-state index in [1.54, 1.807) is 0 Å². The van der Waals surface area contributed by atoms with Crippen molar-refractivity contribution in [3.05, 3.63) is 0 Å². The SMILES string of the molecule is O=C1CC(C(=O)NC2CCCNC2=O)CN1. The van der Waals surface area contributed by atoms with Crippen LogP contribution in [0.3, 0.4) is 0 Å². The second kappa shape index (κ2) is 4.51. The molecule has 2 fully saturated rings. The van der Waals surface area contributed by atoms with Crippen LogP contribution in [-0.2, 0) is 14.4 Å². The number of nitrogens with one attached hydrogen (secondary N) is 3. The number of carbonyl (C=O) groups is 3.